The Morgan fingerprint density at radius 1 is 1.29 bits per heavy atom. The highest BCUT2D eigenvalue weighted by Gasteiger charge is 2.58. The molecule has 31 heavy (non-hydrogen) atoms. The molecular formula is C19H25N5O6S. The van der Waals surface area contributed by atoms with Gasteiger partial charge in [-0.05, 0) is 56.1 Å². The molecule has 2 aliphatic carbocycles. The summed E-state index contributed by atoms with van der Waals surface area (Å²) in [6.07, 6.45) is 4.77. The number of primary amides is 1. The molecule has 4 rings (SSSR count). The predicted octanol–water partition coefficient (Wildman–Crippen LogP) is -0.140. The molecule has 168 valence electrons. The minimum Gasteiger partial charge on any atom is -0.474 e. The number of rotatable bonds is 8. The Morgan fingerprint density at radius 2 is 2.00 bits per heavy atom. The summed E-state index contributed by atoms with van der Waals surface area (Å²) in [7, 11) is -3.60. The smallest absolute Gasteiger partial charge is 0.325 e. The summed E-state index contributed by atoms with van der Waals surface area (Å²) in [5.41, 5.74) is 5.60. The molecular weight excluding hydrogens is 426 g/mol. The Kier molecular flexibility index (Phi) is 5.38. The van der Waals surface area contributed by atoms with Crippen molar-refractivity contribution in [3.8, 4) is 5.88 Å². The Bertz CT molecular complexity index is 1010. The quantitative estimate of drug-likeness (QED) is 0.461. The Balaban J connectivity index is 1.27. The van der Waals surface area contributed by atoms with Crippen molar-refractivity contribution in [1.82, 2.24) is 15.2 Å². The number of nitrogens with two attached hydrogens (primary N) is 2. The van der Waals surface area contributed by atoms with Crippen LogP contribution in [0.4, 0.5) is 4.79 Å². The van der Waals surface area contributed by atoms with Crippen molar-refractivity contribution in [1.29, 1.82) is 0 Å². The molecule has 3 fully saturated rings. The van der Waals surface area contributed by atoms with E-state index in [4.69, 9.17) is 15.6 Å². The van der Waals surface area contributed by atoms with E-state index < -0.39 is 28.0 Å². The number of carbonyl (C=O) groups is 3. The Morgan fingerprint density at radius 3 is 2.65 bits per heavy atom. The number of pyridine rings is 1. The number of aromatic nitrogens is 1. The van der Waals surface area contributed by atoms with E-state index >= 15 is 0 Å². The van der Waals surface area contributed by atoms with Gasteiger partial charge in [-0.25, -0.2) is 23.3 Å². The molecule has 0 bridgehead atoms. The largest absolute Gasteiger partial charge is 0.474 e. The van der Waals surface area contributed by atoms with Crippen LogP contribution < -0.4 is 20.9 Å². The fourth-order valence-corrected chi connectivity index (χ4v) is 5.42. The molecule has 1 atom stereocenters. The van der Waals surface area contributed by atoms with Crippen LogP contribution in [0.2, 0.25) is 0 Å². The van der Waals surface area contributed by atoms with E-state index in [2.05, 4.69) is 10.3 Å². The van der Waals surface area contributed by atoms with Gasteiger partial charge in [0.2, 0.25) is 15.9 Å². The van der Waals surface area contributed by atoms with Gasteiger partial charge in [0.15, 0.2) is 0 Å². The fourth-order valence-electron chi connectivity index (χ4n) is 4.85. The van der Waals surface area contributed by atoms with Crippen LogP contribution in [0.25, 0.3) is 0 Å². The number of ether oxygens (including phenoxy) is 1. The third kappa shape index (κ3) is 4.35. The second-order valence-electron chi connectivity index (χ2n) is 8.65. The SMILES string of the molecule is NC(=O)c1cccnc1OC1CC2(C1)CC(N1C(=O)NC(CCCS(N)(=O)=O)C1=O)C2. The van der Waals surface area contributed by atoms with E-state index in [1.165, 1.54) is 11.1 Å². The zero-order valence-corrected chi connectivity index (χ0v) is 17.6. The molecule has 12 heteroatoms. The first kappa shape index (κ1) is 21.5. The minimum atomic E-state index is -3.60. The summed E-state index contributed by atoms with van der Waals surface area (Å²) in [5.74, 6) is -0.917. The van der Waals surface area contributed by atoms with Gasteiger partial charge in [0.05, 0.1) is 5.75 Å². The molecule has 1 aliphatic heterocycles. The van der Waals surface area contributed by atoms with Crippen LogP contribution in [-0.2, 0) is 14.8 Å². The van der Waals surface area contributed by atoms with E-state index in [-0.39, 0.29) is 53.5 Å². The molecule has 1 saturated heterocycles. The molecule has 1 unspecified atom stereocenters. The number of imide groups is 1. The Hall–Kier alpha value is -2.73. The molecule has 4 amide bonds. The van der Waals surface area contributed by atoms with Crippen molar-refractivity contribution in [3.63, 3.8) is 0 Å². The van der Waals surface area contributed by atoms with Gasteiger partial charge in [-0.1, -0.05) is 0 Å². The first-order valence-corrected chi connectivity index (χ1v) is 11.8. The summed E-state index contributed by atoms with van der Waals surface area (Å²) in [5, 5.41) is 7.61. The van der Waals surface area contributed by atoms with Gasteiger partial charge in [-0.2, -0.15) is 0 Å². The first-order chi connectivity index (χ1) is 14.6. The lowest BCUT2D eigenvalue weighted by atomic mass is 9.52. The van der Waals surface area contributed by atoms with Gasteiger partial charge in [0, 0.05) is 12.2 Å². The van der Waals surface area contributed by atoms with Crippen LogP contribution in [0.5, 0.6) is 5.88 Å². The molecule has 0 aromatic carbocycles. The first-order valence-electron chi connectivity index (χ1n) is 10.1. The lowest BCUT2D eigenvalue weighted by Gasteiger charge is -2.58. The lowest BCUT2D eigenvalue weighted by molar-refractivity contribution is -0.140. The molecule has 1 aromatic rings. The van der Waals surface area contributed by atoms with E-state index in [0.717, 1.165) is 12.8 Å². The van der Waals surface area contributed by atoms with Gasteiger partial charge in [-0.15, -0.1) is 0 Å². The summed E-state index contributed by atoms with van der Waals surface area (Å²) in [6, 6.07) is 1.87. The monoisotopic (exact) mass is 451 g/mol. The van der Waals surface area contributed by atoms with Gasteiger partial charge >= 0.3 is 6.03 Å². The number of nitrogens with one attached hydrogen (secondary N) is 1. The van der Waals surface area contributed by atoms with E-state index in [9.17, 15) is 22.8 Å². The number of carbonyl (C=O) groups excluding carboxylic acids is 3. The van der Waals surface area contributed by atoms with E-state index in [1.54, 1.807) is 12.1 Å². The number of urea groups is 1. The highest BCUT2D eigenvalue weighted by atomic mass is 32.2. The van der Waals surface area contributed by atoms with Crippen molar-refractivity contribution < 1.29 is 27.5 Å². The third-order valence-corrected chi connectivity index (χ3v) is 7.17. The molecule has 2 saturated carbocycles. The summed E-state index contributed by atoms with van der Waals surface area (Å²) in [4.78, 5) is 41.7. The maximum atomic E-state index is 12.6. The van der Waals surface area contributed by atoms with Crippen LogP contribution in [0.15, 0.2) is 18.3 Å². The number of hydrogen-bond acceptors (Lipinski definition) is 7. The highest BCUT2D eigenvalue weighted by molar-refractivity contribution is 7.89. The number of sulfonamides is 1. The van der Waals surface area contributed by atoms with E-state index in [0.29, 0.717) is 12.8 Å². The molecule has 3 aliphatic rings. The third-order valence-electron chi connectivity index (χ3n) is 6.31. The zero-order valence-electron chi connectivity index (χ0n) is 16.8. The fraction of sp³-hybridized carbons (Fsp3) is 0.579. The van der Waals surface area contributed by atoms with Crippen LogP contribution in [0.3, 0.4) is 0 Å². The normalized spacial score (nSPS) is 30.0. The van der Waals surface area contributed by atoms with Gasteiger partial charge in [-0.3, -0.25) is 14.5 Å². The van der Waals surface area contributed by atoms with Crippen molar-refractivity contribution in [2.24, 2.45) is 16.3 Å². The maximum Gasteiger partial charge on any atom is 0.325 e. The predicted molar refractivity (Wildman–Crippen MR) is 108 cm³/mol. The van der Waals surface area contributed by atoms with Crippen LogP contribution in [-0.4, -0.2) is 60.1 Å². The van der Waals surface area contributed by atoms with E-state index in [1.807, 2.05) is 0 Å². The zero-order chi connectivity index (χ0) is 22.4. The second kappa shape index (κ2) is 7.75. The molecule has 2 heterocycles. The van der Waals surface area contributed by atoms with Crippen molar-refractivity contribution in [2.75, 3.05) is 5.75 Å². The number of nitrogens with zero attached hydrogens (tertiary/aromatic N) is 2. The molecule has 1 spiro atoms. The summed E-state index contributed by atoms with van der Waals surface area (Å²) in [6.45, 7) is 0. The molecule has 1 aromatic heterocycles. The molecule has 5 N–H and O–H groups in total. The summed E-state index contributed by atoms with van der Waals surface area (Å²) >= 11 is 0. The average Bonchev–Trinajstić information content (AvgIpc) is 2.89. The molecule has 11 nitrogen and oxygen atoms in total. The molecule has 0 radical (unpaired) electrons. The van der Waals surface area contributed by atoms with Crippen molar-refractivity contribution in [2.45, 2.75) is 56.7 Å². The van der Waals surface area contributed by atoms with Crippen molar-refractivity contribution in [3.05, 3.63) is 23.9 Å². The number of hydrogen-bond donors (Lipinski definition) is 3. The van der Waals surface area contributed by atoms with Gasteiger partial charge in [0.1, 0.15) is 17.7 Å². The Labute approximate surface area is 179 Å². The second-order valence-corrected chi connectivity index (χ2v) is 10.4. The highest BCUT2D eigenvalue weighted by Crippen LogP contribution is 2.58. The summed E-state index contributed by atoms with van der Waals surface area (Å²) < 4.78 is 27.9. The van der Waals surface area contributed by atoms with Gasteiger partial charge in [0.25, 0.3) is 11.8 Å². The lowest BCUT2D eigenvalue weighted by Crippen LogP contribution is -2.60. The van der Waals surface area contributed by atoms with Crippen LogP contribution >= 0.6 is 0 Å². The number of primary sulfonamides is 1. The van der Waals surface area contributed by atoms with Crippen molar-refractivity contribution >= 4 is 27.9 Å². The minimum absolute atomic E-state index is 0.0171. The van der Waals surface area contributed by atoms with Crippen LogP contribution in [0, 0.1) is 5.41 Å². The van der Waals surface area contributed by atoms with Gasteiger partial charge < -0.3 is 15.8 Å². The van der Waals surface area contributed by atoms with Crippen LogP contribution in [0.1, 0.15) is 48.9 Å². The topological polar surface area (TPSA) is 175 Å². The maximum absolute atomic E-state index is 12.6. The average molecular weight is 452 g/mol. The standard InChI is InChI=1S/C19H25N5O6S/c20-15(25)13-3-1-5-22-16(13)30-12-9-19(10-12)7-11(8-19)24-17(26)14(23-18(24)27)4-2-6-31(21,28)29/h1,3,5,11-12,14H,2,4,6-10H2,(H2,20,25)(H,23,27)(H2,21,28,29). The number of amides is 4.